The molecule has 8 heteroatoms. The zero-order chi connectivity index (χ0) is 19.6. The first-order valence-corrected chi connectivity index (χ1v) is 9.23. The van der Waals surface area contributed by atoms with Crippen LogP contribution in [0, 0.1) is 11.6 Å². The van der Waals surface area contributed by atoms with Gasteiger partial charge in [-0.2, -0.15) is 0 Å². The van der Waals surface area contributed by atoms with Crippen LogP contribution in [0.2, 0.25) is 0 Å². The van der Waals surface area contributed by atoms with Gasteiger partial charge in [-0.05, 0) is 50.6 Å². The van der Waals surface area contributed by atoms with E-state index in [2.05, 4.69) is 39.4 Å². The van der Waals surface area contributed by atoms with Gasteiger partial charge in [0.25, 0.3) is 0 Å². The van der Waals surface area contributed by atoms with E-state index in [1.807, 2.05) is 25.3 Å². The molecule has 0 saturated carbocycles. The van der Waals surface area contributed by atoms with Crippen LogP contribution in [-0.4, -0.2) is 30.6 Å². The van der Waals surface area contributed by atoms with Crippen molar-refractivity contribution >= 4 is 35.8 Å². The quantitative estimate of drug-likeness (QED) is 0.324. The van der Waals surface area contributed by atoms with Crippen molar-refractivity contribution in [3.8, 4) is 0 Å². The van der Waals surface area contributed by atoms with E-state index >= 15 is 0 Å². The Bertz CT molecular complexity index is 749. The van der Waals surface area contributed by atoms with Crippen LogP contribution in [0.5, 0.6) is 0 Å². The third-order valence-corrected chi connectivity index (χ3v) is 4.11. The van der Waals surface area contributed by atoms with Gasteiger partial charge in [-0.15, -0.1) is 24.0 Å². The van der Waals surface area contributed by atoms with E-state index in [1.54, 1.807) is 0 Å². The number of halogens is 3. The molecule has 0 unspecified atom stereocenters. The van der Waals surface area contributed by atoms with Gasteiger partial charge in [0.15, 0.2) is 5.96 Å². The van der Waals surface area contributed by atoms with Gasteiger partial charge >= 0.3 is 0 Å². The summed E-state index contributed by atoms with van der Waals surface area (Å²) in [6.07, 6.45) is 1.81. The highest BCUT2D eigenvalue weighted by molar-refractivity contribution is 14.0. The molecular weight excluding hydrogens is 475 g/mol. The molecule has 0 bridgehead atoms. The molecule has 1 aromatic carbocycles. The van der Waals surface area contributed by atoms with Crippen molar-refractivity contribution in [1.29, 1.82) is 0 Å². The molecule has 1 heterocycles. The van der Waals surface area contributed by atoms with Crippen molar-refractivity contribution in [2.45, 2.75) is 33.9 Å². The lowest BCUT2D eigenvalue weighted by molar-refractivity contribution is 0.581. The number of nitrogens with one attached hydrogen (secondary N) is 2. The molecule has 0 radical (unpaired) electrons. The van der Waals surface area contributed by atoms with E-state index in [4.69, 9.17) is 0 Å². The van der Waals surface area contributed by atoms with E-state index in [-0.39, 0.29) is 36.1 Å². The van der Waals surface area contributed by atoms with E-state index in [1.165, 1.54) is 6.07 Å². The summed E-state index contributed by atoms with van der Waals surface area (Å²) in [5.41, 5.74) is 1.23. The first-order valence-electron chi connectivity index (χ1n) is 9.23. The van der Waals surface area contributed by atoms with E-state index in [9.17, 15) is 8.78 Å². The van der Waals surface area contributed by atoms with Crippen LogP contribution in [0.1, 0.15) is 31.9 Å². The third kappa shape index (κ3) is 7.21. The van der Waals surface area contributed by atoms with Gasteiger partial charge in [-0.1, -0.05) is 6.07 Å². The number of anilines is 1. The fraction of sp³-hybridized carbons (Fsp3) is 0.400. The molecule has 1 aromatic heterocycles. The summed E-state index contributed by atoms with van der Waals surface area (Å²) >= 11 is 0. The summed E-state index contributed by atoms with van der Waals surface area (Å²) < 4.78 is 27.0. The minimum absolute atomic E-state index is 0. The number of rotatable bonds is 8. The Hall–Kier alpha value is -1.97. The number of hydrogen-bond donors (Lipinski definition) is 2. The predicted molar refractivity (Wildman–Crippen MR) is 121 cm³/mol. The number of aliphatic imine (C=N–C) groups is 1. The zero-order valence-corrected chi connectivity index (χ0v) is 18.8. The van der Waals surface area contributed by atoms with Gasteiger partial charge < -0.3 is 15.5 Å². The van der Waals surface area contributed by atoms with Crippen molar-refractivity contribution in [1.82, 2.24) is 15.6 Å². The molecule has 5 nitrogen and oxygen atoms in total. The SMILES string of the molecule is CCNC(=NCc1ccc(N(CC)CC)nc1)NCc1cc(F)ccc1F.I. The molecule has 2 aromatic rings. The fourth-order valence-electron chi connectivity index (χ4n) is 2.61. The lowest BCUT2D eigenvalue weighted by Crippen LogP contribution is -2.37. The van der Waals surface area contributed by atoms with Crippen LogP contribution in [0.25, 0.3) is 0 Å². The highest BCUT2D eigenvalue weighted by Crippen LogP contribution is 2.12. The van der Waals surface area contributed by atoms with Gasteiger partial charge in [0, 0.05) is 37.9 Å². The third-order valence-electron chi connectivity index (χ3n) is 4.11. The van der Waals surface area contributed by atoms with Crippen LogP contribution in [0.4, 0.5) is 14.6 Å². The number of aromatic nitrogens is 1. The maximum Gasteiger partial charge on any atom is 0.191 e. The highest BCUT2D eigenvalue weighted by atomic mass is 127. The number of guanidine groups is 1. The van der Waals surface area contributed by atoms with Gasteiger partial charge in [-0.25, -0.2) is 18.8 Å². The first-order chi connectivity index (χ1) is 13.1. The maximum absolute atomic E-state index is 13.7. The molecule has 0 spiro atoms. The molecule has 0 aliphatic heterocycles. The van der Waals surface area contributed by atoms with Crippen molar-refractivity contribution < 1.29 is 8.78 Å². The summed E-state index contributed by atoms with van der Waals surface area (Å²) in [5.74, 6) is 0.568. The van der Waals surface area contributed by atoms with E-state index < -0.39 is 11.6 Å². The number of benzene rings is 1. The molecule has 0 saturated heterocycles. The number of pyridine rings is 1. The summed E-state index contributed by atoms with van der Waals surface area (Å²) in [5, 5.41) is 6.13. The van der Waals surface area contributed by atoms with Gasteiger partial charge in [0.05, 0.1) is 6.54 Å². The molecule has 0 amide bonds. The number of nitrogens with zero attached hydrogens (tertiary/aromatic N) is 3. The normalized spacial score (nSPS) is 11.0. The molecular formula is C20H28F2IN5. The molecule has 0 aliphatic rings. The summed E-state index contributed by atoms with van der Waals surface area (Å²) in [6, 6.07) is 7.40. The van der Waals surface area contributed by atoms with Crippen LogP contribution in [0.15, 0.2) is 41.5 Å². The molecule has 0 fully saturated rings. The number of hydrogen-bond acceptors (Lipinski definition) is 3. The second-order valence-corrected chi connectivity index (χ2v) is 5.98. The standard InChI is InChI=1S/C20H27F2N5.HI/c1-4-23-20(26-14-16-11-17(21)8-9-18(16)22)25-13-15-7-10-19(24-12-15)27(5-2)6-3;/h7-12H,4-6,13-14H2,1-3H3,(H2,23,25,26);1H. The van der Waals surface area contributed by atoms with Crippen LogP contribution in [0.3, 0.4) is 0 Å². The largest absolute Gasteiger partial charge is 0.357 e. The molecule has 2 N–H and O–H groups in total. The zero-order valence-electron chi connectivity index (χ0n) is 16.5. The van der Waals surface area contributed by atoms with Crippen molar-refractivity contribution in [2.75, 3.05) is 24.5 Å². The summed E-state index contributed by atoms with van der Waals surface area (Å²) in [4.78, 5) is 11.1. The Balaban J connectivity index is 0.00000392. The van der Waals surface area contributed by atoms with E-state index in [0.29, 0.717) is 19.0 Å². The summed E-state index contributed by atoms with van der Waals surface area (Å²) in [6.45, 7) is 9.20. The highest BCUT2D eigenvalue weighted by Gasteiger charge is 2.06. The van der Waals surface area contributed by atoms with Crippen LogP contribution in [-0.2, 0) is 13.1 Å². The van der Waals surface area contributed by atoms with Gasteiger partial charge in [0.2, 0.25) is 0 Å². The van der Waals surface area contributed by atoms with E-state index in [0.717, 1.165) is 36.6 Å². The Labute approximate surface area is 182 Å². The average Bonchev–Trinajstić information content (AvgIpc) is 2.68. The Kier molecular flexibility index (Phi) is 10.7. The Morgan fingerprint density at radius 3 is 2.43 bits per heavy atom. The maximum atomic E-state index is 13.7. The predicted octanol–water partition coefficient (Wildman–Crippen LogP) is 4.08. The Morgan fingerprint density at radius 1 is 1.07 bits per heavy atom. The molecule has 28 heavy (non-hydrogen) atoms. The smallest absolute Gasteiger partial charge is 0.191 e. The van der Waals surface area contributed by atoms with Crippen molar-refractivity contribution in [2.24, 2.45) is 4.99 Å². The average molecular weight is 503 g/mol. The lowest BCUT2D eigenvalue weighted by Gasteiger charge is -2.19. The monoisotopic (exact) mass is 503 g/mol. The summed E-state index contributed by atoms with van der Waals surface area (Å²) in [7, 11) is 0. The molecule has 2 rings (SSSR count). The van der Waals surface area contributed by atoms with Gasteiger partial charge in [-0.3, -0.25) is 0 Å². The Morgan fingerprint density at radius 2 is 1.82 bits per heavy atom. The van der Waals surface area contributed by atoms with Gasteiger partial charge in [0.1, 0.15) is 17.5 Å². The van der Waals surface area contributed by atoms with Crippen molar-refractivity contribution in [3.05, 3.63) is 59.3 Å². The lowest BCUT2D eigenvalue weighted by atomic mass is 10.2. The molecule has 0 atom stereocenters. The minimum atomic E-state index is -0.463. The first kappa shape index (κ1) is 24.1. The second-order valence-electron chi connectivity index (χ2n) is 5.98. The fourth-order valence-corrected chi connectivity index (χ4v) is 2.61. The van der Waals surface area contributed by atoms with Crippen molar-refractivity contribution in [3.63, 3.8) is 0 Å². The van der Waals surface area contributed by atoms with Crippen LogP contribution < -0.4 is 15.5 Å². The topological polar surface area (TPSA) is 52.6 Å². The molecule has 154 valence electrons. The molecule has 0 aliphatic carbocycles. The van der Waals surface area contributed by atoms with Crippen LogP contribution >= 0.6 is 24.0 Å². The second kappa shape index (κ2) is 12.5. The minimum Gasteiger partial charge on any atom is -0.357 e.